The van der Waals surface area contributed by atoms with Gasteiger partial charge < -0.3 is 15.0 Å². The quantitative estimate of drug-likeness (QED) is 0.896. The number of aromatic amines is 1. The second-order valence-electron chi connectivity index (χ2n) is 7.36. The second-order valence-corrected chi connectivity index (χ2v) is 7.36. The van der Waals surface area contributed by atoms with Crippen LogP contribution in [0.5, 0.6) is 0 Å². The van der Waals surface area contributed by atoms with Gasteiger partial charge in [-0.3, -0.25) is 4.79 Å². The Hall–Kier alpha value is -2.30. The Morgan fingerprint density at radius 2 is 2.00 bits per heavy atom. The number of hydrogen-bond acceptors (Lipinski definition) is 2. The van der Waals surface area contributed by atoms with Crippen LogP contribution in [-0.4, -0.2) is 39.0 Å². The van der Waals surface area contributed by atoms with Crippen molar-refractivity contribution in [2.45, 2.75) is 57.0 Å². The van der Waals surface area contributed by atoms with Crippen molar-refractivity contribution in [2.75, 3.05) is 0 Å². The van der Waals surface area contributed by atoms with E-state index >= 15 is 0 Å². The zero-order chi connectivity index (χ0) is 17.4. The first-order valence-corrected chi connectivity index (χ1v) is 9.24. The number of nitrogens with zero attached hydrogens (tertiary/aromatic N) is 1. The predicted molar refractivity (Wildman–Crippen MR) is 95.3 cm³/mol. The van der Waals surface area contributed by atoms with Crippen LogP contribution in [0.25, 0.3) is 10.9 Å². The summed E-state index contributed by atoms with van der Waals surface area (Å²) >= 11 is 0. The molecule has 2 aliphatic rings. The number of benzene rings is 1. The third-order valence-electron chi connectivity index (χ3n) is 5.94. The fraction of sp³-hybridized carbons (Fsp3) is 0.500. The smallest absolute Gasteiger partial charge is 0.326 e. The van der Waals surface area contributed by atoms with Crippen molar-refractivity contribution in [1.29, 1.82) is 0 Å². The number of amides is 1. The average Bonchev–Trinajstić information content (AvgIpc) is 3.21. The zero-order valence-electron chi connectivity index (χ0n) is 14.3. The van der Waals surface area contributed by atoms with Gasteiger partial charge in [-0.1, -0.05) is 31.0 Å². The molecule has 3 unspecified atom stereocenters. The largest absolute Gasteiger partial charge is 0.480 e. The highest BCUT2D eigenvalue weighted by Gasteiger charge is 2.47. The van der Waals surface area contributed by atoms with Gasteiger partial charge in [0.05, 0.1) is 0 Å². The first-order chi connectivity index (χ1) is 12.1. The van der Waals surface area contributed by atoms with Crippen LogP contribution >= 0.6 is 0 Å². The van der Waals surface area contributed by atoms with E-state index in [0.717, 1.165) is 42.1 Å². The normalized spacial score (nSPS) is 25.9. The van der Waals surface area contributed by atoms with E-state index in [1.165, 1.54) is 0 Å². The van der Waals surface area contributed by atoms with Gasteiger partial charge in [0, 0.05) is 29.6 Å². The molecule has 1 saturated carbocycles. The van der Waals surface area contributed by atoms with Crippen LogP contribution in [0.4, 0.5) is 0 Å². The topological polar surface area (TPSA) is 73.4 Å². The van der Waals surface area contributed by atoms with Crippen molar-refractivity contribution >= 4 is 22.8 Å². The highest BCUT2D eigenvalue weighted by molar-refractivity contribution is 5.86. The molecule has 4 rings (SSSR count). The lowest BCUT2D eigenvalue weighted by Gasteiger charge is -2.33. The van der Waals surface area contributed by atoms with E-state index in [9.17, 15) is 14.7 Å². The van der Waals surface area contributed by atoms with Gasteiger partial charge in [-0.15, -0.1) is 0 Å². The van der Waals surface area contributed by atoms with Crippen molar-refractivity contribution in [3.8, 4) is 0 Å². The molecule has 1 aromatic heterocycles. The summed E-state index contributed by atoms with van der Waals surface area (Å²) in [5.41, 5.74) is 2.19. The van der Waals surface area contributed by atoms with Gasteiger partial charge in [-0.2, -0.15) is 0 Å². The average molecular weight is 340 g/mol. The molecule has 2 N–H and O–H groups in total. The number of para-hydroxylation sites is 1. The van der Waals surface area contributed by atoms with Crippen LogP contribution in [0.15, 0.2) is 30.5 Å². The maximum atomic E-state index is 12.9. The summed E-state index contributed by atoms with van der Waals surface area (Å²) in [6, 6.07) is 7.55. The second kappa shape index (κ2) is 6.54. The van der Waals surface area contributed by atoms with E-state index in [0.29, 0.717) is 25.2 Å². The number of aromatic nitrogens is 1. The lowest BCUT2D eigenvalue weighted by molar-refractivity contribution is -0.149. The standard InChI is InChI=1S/C20H24N2O3/c23-19(10-9-14-12-21-16-7-3-2-6-15(14)16)22-17-8-4-1-5-13(17)11-18(22)20(24)25/h2-3,6-7,12-13,17-18,21H,1,4-5,8-11H2,(H,24,25). The number of likely N-dealkylation sites (tertiary alicyclic amines) is 1. The van der Waals surface area contributed by atoms with Crippen molar-refractivity contribution in [3.05, 3.63) is 36.0 Å². The van der Waals surface area contributed by atoms with Crippen LogP contribution in [0.2, 0.25) is 0 Å². The van der Waals surface area contributed by atoms with Crippen LogP contribution in [-0.2, 0) is 16.0 Å². The molecule has 1 saturated heterocycles. The molecule has 0 spiro atoms. The number of carboxylic acid groups (broad SMARTS) is 1. The molecule has 1 aromatic carbocycles. The Morgan fingerprint density at radius 3 is 2.84 bits per heavy atom. The van der Waals surface area contributed by atoms with Crippen LogP contribution < -0.4 is 0 Å². The minimum absolute atomic E-state index is 0.00733. The molecule has 5 heteroatoms. The summed E-state index contributed by atoms with van der Waals surface area (Å²) in [6.07, 6.45) is 7.86. The number of hydrogen-bond donors (Lipinski definition) is 2. The number of carboxylic acids is 1. The summed E-state index contributed by atoms with van der Waals surface area (Å²) in [4.78, 5) is 29.5. The number of aliphatic carboxylic acids is 1. The van der Waals surface area contributed by atoms with E-state index in [4.69, 9.17) is 0 Å². The van der Waals surface area contributed by atoms with Gasteiger partial charge >= 0.3 is 5.97 Å². The van der Waals surface area contributed by atoms with Gasteiger partial charge in [0.1, 0.15) is 6.04 Å². The Labute approximate surface area is 147 Å². The summed E-state index contributed by atoms with van der Waals surface area (Å²) in [5.74, 6) is -0.492. The van der Waals surface area contributed by atoms with E-state index in [1.807, 2.05) is 24.4 Å². The summed E-state index contributed by atoms with van der Waals surface area (Å²) in [5, 5.41) is 10.7. The predicted octanol–water partition coefficient (Wildman–Crippen LogP) is 3.34. The molecule has 0 bridgehead atoms. The first kappa shape index (κ1) is 16.2. The number of carbonyl (C=O) groups is 2. The number of nitrogens with one attached hydrogen (secondary N) is 1. The fourth-order valence-corrected chi connectivity index (χ4v) is 4.75. The number of aryl methyl sites for hydroxylation is 1. The number of fused-ring (bicyclic) bond motifs is 2. The minimum Gasteiger partial charge on any atom is -0.480 e. The molecule has 132 valence electrons. The van der Waals surface area contributed by atoms with Crippen molar-refractivity contribution < 1.29 is 14.7 Å². The van der Waals surface area contributed by atoms with Gasteiger partial charge in [0.25, 0.3) is 0 Å². The molecule has 1 aliphatic carbocycles. The minimum atomic E-state index is -0.852. The molecule has 2 heterocycles. The Bertz CT molecular complexity index is 797. The fourth-order valence-electron chi connectivity index (χ4n) is 4.75. The highest BCUT2D eigenvalue weighted by Crippen LogP contribution is 2.40. The summed E-state index contributed by atoms with van der Waals surface area (Å²) < 4.78 is 0. The number of rotatable bonds is 4. The maximum Gasteiger partial charge on any atom is 0.326 e. The van der Waals surface area contributed by atoms with Crippen molar-refractivity contribution in [2.24, 2.45) is 5.92 Å². The highest BCUT2D eigenvalue weighted by atomic mass is 16.4. The summed E-state index contributed by atoms with van der Waals surface area (Å²) in [7, 11) is 0. The zero-order valence-corrected chi connectivity index (χ0v) is 14.3. The Morgan fingerprint density at radius 1 is 1.20 bits per heavy atom. The van der Waals surface area contributed by atoms with E-state index in [-0.39, 0.29) is 11.9 Å². The molecule has 0 radical (unpaired) electrons. The summed E-state index contributed by atoms with van der Waals surface area (Å²) in [6.45, 7) is 0. The number of H-pyrrole nitrogens is 1. The Balaban J connectivity index is 1.50. The van der Waals surface area contributed by atoms with Crippen LogP contribution in [0, 0.1) is 5.92 Å². The van der Waals surface area contributed by atoms with Crippen LogP contribution in [0.1, 0.15) is 44.1 Å². The van der Waals surface area contributed by atoms with Crippen molar-refractivity contribution in [1.82, 2.24) is 9.88 Å². The van der Waals surface area contributed by atoms with Gasteiger partial charge in [-0.05, 0) is 43.2 Å². The van der Waals surface area contributed by atoms with Crippen LogP contribution in [0.3, 0.4) is 0 Å². The lowest BCUT2D eigenvalue weighted by Crippen LogP contribution is -2.46. The first-order valence-electron chi connectivity index (χ1n) is 9.24. The lowest BCUT2D eigenvalue weighted by atomic mass is 9.84. The number of carbonyl (C=O) groups excluding carboxylic acids is 1. The molecule has 3 atom stereocenters. The van der Waals surface area contributed by atoms with Gasteiger partial charge in [0.15, 0.2) is 0 Å². The molecule has 2 aromatic rings. The molecule has 2 fully saturated rings. The molecule has 1 amide bonds. The Kier molecular flexibility index (Phi) is 4.24. The molecular formula is C20H24N2O3. The van der Waals surface area contributed by atoms with Gasteiger partial charge in [-0.25, -0.2) is 4.79 Å². The molecule has 25 heavy (non-hydrogen) atoms. The van der Waals surface area contributed by atoms with Crippen molar-refractivity contribution in [3.63, 3.8) is 0 Å². The maximum absolute atomic E-state index is 12.9. The SMILES string of the molecule is O=C(O)C1CC2CCCCC2N1C(=O)CCc1c[nH]c2ccccc12. The molecule has 1 aliphatic heterocycles. The van der Waals surface area contributed by atoms with E-state index < -0.39 is 12.0 Å². The monoisotopic (exact) mass is 340 g/mol. The van der Waals surface area contributed by atoms with E-state index in [2.05, 4.69) is 11.1 Å². The molecule has 5 nitrogen and oxygen atoms in total. The van der Waals surface area contributed by atoms with E-state index in [1.54, 1.807) is 4.90 Å². The molecular weight excluding hydrogens is 316 g/mol. The third kappa shape index (κ3) is 2.92. The third-order valence-corrected chi connectivity index (χ3v) is 5.94. The van der Waals surface area contributed by atoms with Gasteiger partial charge in [0.2, 0.25) is 5.91 Å².